The molecule has 2 aliphatic rings. The summed E-state index contributed by atoms with van der Waals surface area (Å²) in [5, 5.41) is 10.7. The molecule has 0 bridgehead atoms. The highest BCUT2D eigenvalue weighted by atomic mass is 16.5. The van der Waals surface area contributed by atoms with E-state index in [4.69, 9.17) is 9.47 Å². The van der Waals surface area contributed by atoms with Gasteiger partial charge in [0.1, 0.15) is 5.75 Å². The molecule has 2 N–H and O–H groups in total. The molecule has 4 rings (SSSR count). The third-order valence-electron chi connectivity index (χ3n) is 5.98. The van der Waals surface area contributed by atoms with Gasteiger partial charge >= 0.3 is 0 Å². The number of rotatable bonds is 6. The van der Waals surface area contributed by atoms with Crippen molar-refractivity contribution in [3.63, 3.8) is 0 Å². The summed E-state index contributed by atoms with van der Waals surface area (Å²) in [4.78, 5) is 13.0. The Labute approximate surface area is 171 Å². The second kappa shape index (κ2) is 8.97. The summed E-state index contributed by atoms with van der Waals surface area (Å²) in [5.41, 5.74) is 2.95. The minimum absolute atomic E-state index is 0.0306. The van der Waals surface area contributed by atoms with Gasteiger partial charge in [-0.2, -0.15) is 5.10 Å². The van der Waals surface area contributed by atoms with E-state index in [1.807, 2.05) is 44.6 Å². The van der Waals surface area contributed by atoms with Gasteiger partial charge in [-0.1, -0.05) is 6.07 Å². The number of anilines is 1. The first-order valence-electron chi connectivity index (χ1n) is 10.4. The maximum absolute atomic E-state index is 13.0. The Hall–Kier alpha value is -2.38. The second-order valence-corrected chi connectivity index (χ2v) is 8.15. The summed E-state index contributed by atoms with van der Waals surface area (Å²) in [6.07, 6.45) is 5.93. The SMILES string of the molecule is Cc1ccc(NC(=O)[C@H]2CNC[C@@H]2c2cnn(C)c2)cc1OCC1CCOCC1. The summed E-state index contributed by atoms with van der Waals surface area (Å²) < 4.78 is 13.3. The summed E-state index contributed by atoms with van der Waals surface area (Å²) in [7, 11) is 1.90. The fraction of sp³-hybridized carbons (Fsp3) is 0.545. The van der Waals surface area contributed by atoms with Crippen LogP contribution in [0.2, 0.25) is 0 Å². The van der Waals surface area contributed by atoms with E-state index in [1.165, 1.54) is 0 Å². The number of ether oxygens (including phenoxy) is 2. The van der Waals surface area contributed by atoms with Gasteiger partial charge < -0.3 is 20.1 Å². The fourth-order valence-corrected chi connectivity index (χ4v) is 4.13. The molecule has 2 fully saturated rings. The largest absolute Gasteiger partial charge is 0.493 e. The predicted octanol–water partition coefficient (Wildman–Crippen LogP) is 2.48. The molecule has 0 unspecified atom stereocenters. The topological polar surface area (TPSA) is 77.4 Å². The van der Waals surface area contributed by atoms with Crippen LogP contribution in [0.15, 0.2) is 30.6 Å². The zero-order valence-corrected chi connectivity index (χ0v) is 17.2. The summed E-state index contributed by atoms with van der Waals surface area (Å²) >= 11 is 0. The molecule has 2 aliphatic heterocycles. The Bertz CT molecular complexity index is 844. The van der Waals surface area contributed by atoms with Crippen molar-refractivity contribution >= 4 is 11.6 Å². The van der Waals surface area contributed by atoms with E-state index >= 15 is 0 Å². The van der Waals surface area contributed by atoms with Crippen molar-refractivity contribution in [3.8, 4) is 5.75 Å². The molecule has 7 nitrogen and oxygen atoms in total. The van der Waals surface area contributed by atoms with Crippen LogP contribution in [-0.4, -0.2) is 48.6 Å². The maximum atomic E-state index is 13.0. The zero-order chi connectivity index (χ0) is 20.2. The Balaban J connectivity index is 1.40. The molecule has 0 radical (unpaired) electrons. The molecular weight excluding hydrogens is 368 g/mol. The summed E-state index contributed by atoms with van der Waals surface area (Å²) in [6.45, 7) is 5.82. The van der Waals surface area contributed by atoms with Crippen LogP contribution >= 0.6 is 0 Å². The van der Waals surface area contributed by atoms with Crippen LogP contribution in [0.5, 0.6) is 5.75 Å². The predicted molar refractivity (Wildman–Crippen MR) is 111 cm³/mol. The number of nitrogens with zero attached hydrogens (tertiary/aromatic N) is 2. The lowest BCUT2D eigenvalue weighted by Gasteiger charge is -2.23. The highest BCUT2D eigenvalue weighted by Gasteiger charge is 2.34. The number of amides is 1. The maximum Gasteiger partial charge on any atom is 0.229 e. The molecule has 1 amide bonds. The Kier molecular flexibility index (Phi) is 6.16. The van der Waals surface area contributed by atoms with Gasteiger partial charge in [0.15, 0.2) is 0 Å². The molecule has 3 heterocycles. The lowest BCUT2D eigenvalue weighted by Crippen LogP contribution is -2.28. The number of carbonyl (C=O) groups is 1. The van der Waals surface area contributed by atoms with E-state index in [9.17, 15) is 4.79 Å². The highest BCUT2D eigenvalue weighted by molar-refractivity contribution is 5.93. The average molecular weight is 399 g/mol. The number of nitrogens with one attached hydrogen (secondary N) is 2. The number of benzene rings is 1. The first-order chi connectivity index (χ1) is 14.1. The van der Waals surface area contributed by atoms with Crippen LogP contribution in [0, 0.1) is 18.8 Å². The van der Waals surface area contributed by atoms with E-state index in [2.05, 4.69) is 15.7 Å². The standard InChI is InChI=1S/C22H30N4O3/c1-15-3-4-18(9-21(15)29-14-16-5-7-28-8-6-16)25-22(27)20-12-23-11-19(20)17-10-24-26(2)13-17/h3-4,9-10,13,16,19-20,23H,5-8,11-12,14H2,1-2H3,(H,25,27)/t19-,20+/m1/s1. The normalized spacial score (nSPS) is 22.6. The van der Waals surface area contributed by atoms with E-state index in [0.29, 0.717) is 19.1 Å². The first kappa shape index (κ1) is 19.9. The molecule has 156 valence electrons. The molecule has 2 atom stereocenters. The molecule has 29 heavy (non-hydrogen) atoms. The summed E-state index contributed by atoms with van der Waals surface area (Å²) in [5.74, 6) is 1.42. The molecule has 1 aromatic heterocycles. The van der Waals surface area contributed by atoms with Gasteiger partial charge in [-0.15, -0.1) is 0 Å². The van der Waals surface area contributed by atoms with Gasteiger partial charge in [-0.3, -0.25) is 9.48 Å². The zero-order valence-electron chi connectivity index (χ0n) is 17.2. The molecule has 7 heteroatoms. The fourth-order valence-electron chi connectivity index (χ4n) is 4.13. The highest BCUT2D eigenvalue weighted by Crippen LogP contribution is 2.30. The third kappa shape index (κ3) is 4.79. The molecule has 0 spiro atoms. The quantitative estimate of drug-likeness (QED) is 0.782. The number of hydrogen-bond acceptors (Lipinski definition) is 5. The summed E-state index contributed by atoms with van der Waals surface area (Å²) in [6, 6.07) is 5.88. The number of aromatic nitrogens is 2. The van der Waals surface area contributed by atoms with Gasteiger partial charge in [0.05, 0.1) is 18.7 Å². The molecule has 0 aliphatic carbocycles. The molecule has 0 saturated carbocycles. The average Bonchev–Trinajstić information content (AvgIpc) is 3.38. The van der Waals surface area contributed by atoms with Crippen molar-refractivity contribution in [2.24, 2.45) is 18.9 Å². The number of aryl methyl sites for hydroxylation is 2. The van der Waals surface area contributed by atoms with Gasteiger partial charge in [0.25, 0.3) is 0 Å². The molecule has 1 aromatic carbocycles. The van der Waals surface area contributed by atoms with Crippen molar-refractivity contribution in [1.29, 1.82) is 0 Å². The monoisotopic (exact) mass is 398 g/mol. The van der Waals surface area contributed by atoms with Gasteiger partial charge in [-0.05, 0) is 42.9 Å². The van der Waals surface area contributed by atoms with E-state index in [0.717, 1.165) is 55.2 Å². The smallest absolute Gasteiger partial charge is 0.229 e. The van der Waals surface area contributed by atoms with Crippen molar-refractivity contribution < 1.29 is 14.3 Å². The second-order valence-electron chi connectivity index (χ2n) is 8.15. The van der Waals surface area contributed by atoms with Crippen LogP contribution in [0.1, 0.15) is 29.9 Å². The van der Waals surface area contributed by atoms with Crippen LogP contribution in [-0.2, 0) is 16.6 Å². The Morgan fingerprint density at radius 3 is 2.93 bits per heavy atom. The van der Waals surface area contributed by atoms with Crippen LogP contribution in [0.25, 0.3) is 0 Å². The van der Waals surface area contributed by atoms with Crippen LogP contribution < -0.4 is 15.4 Å². The minimum atomic E-state index is -0.118. The lowest BCUT2D eigenvalue weighted by molar-refractivity contribution is -0.119. The van der Waals surface area contributed by atoms with Crippen LogP contribution in [0.3, 0.4) is 0 Å². The number of hydrogen-bond donors (Lipinski definition) is 2. The minimum Gasteiger partial charge on any atom is -0.493 e. The Morgan fingerprint density at radius 2 is 2.17 bits per heavy atom. The molecular formula is C22H30N4O3. The van der Waals surface area contributed by atoms with Crippen molar-refractivity contribution in [3.05, 3.63) is 41.7 Å². The third-order valence-corrected chi connectivity index (χ3v) is 5.98. The van der Waals surface area contributed by atoms with Gasteiger partial charge in [-0.25, -0.2) is 0 Å². The van der Waals surface area contributed by atoms with Gasteiger partial charge in [0.2, 0.25) is 5.91 Å². The first-order valence-corrected chi connectivity index (χ1v) is 10.4. The van der Waals surface area contributed by atoms with Crippen molar-refractivity contribution in [1.82, 2.24) is 15.1 Å². The lowest BCUT2D eigenvalue weighted by atomic mass is 9.90. The van der Waals surface area contributed by atoms with Crippen molar-refractivity contribution in [2.75, 3.05) is 38.2 Å². The van der Waals surface area contributed by atoms with E-state index in [-0.39, 0.29) is 17.7 Å². The number of carbonyl (C=O) groups excluding carboxylic acids is 1. The molecule has 2 aromatic rings. The van der Waals surface area contributed by atoms with Crippen molar-refractivity contribution in [2.45, 2.75) is 25.7 Å². The van der Waals surface area contributed by atoms with E-state index < -0.39 is 0 Å². The molecule has 2 saturated heterocycles. The van der Waals surface area contributed by atoms with E-state index in [1.54, 1.807) is 4.68 Å². The Morgan fingerprint density at radius 1 is 1.34 bits per heavy atom. The van der Waals surface area contributed by atoms with Gasteiger partial charge in [0, 0.05) is 57.2 Å². The van der Waals surface area contributed by atoms with Crippen LogP contribution in [0.4, 0.5) is 5.69 Å².